The predicted octanol–water partition coefficient (Wildman–Crippen LogP) is 4.39. The van der Waals surface area contributed by atoms with Gasteiger partial charge in [0.2, 0.25) is 0 Å². The molecule has 0 radical (unpaired) electrons. The molecular formula is C25H38ClN3O5. The van der Waals surface area contributed by atoms with Gasteiger partial charge in [-0.25, -0.2) is 4.79 Å². The summed E-state index contributed by atoms with van der Waals surface area (Å²) < 4.78 is 18.5. The molecular weight excluding hydrogens is 458 g/mol. The van der Waals surface area contributed by atoms with E-state index >= 15 is 0 Å². The van der Waals surface area contributed by atoms with Gasteiger partial charge in [0.15, 0.2) is 5.58 Å². The van der Waals surface area contributed by atoms with E-state index in [1.165, 1.54) is 7.11 Å². The molecule has 1 aromatic heterocycles. The van der Waals surface area contributed by atoms with Crippen LogP contribution in [0.25, 0.3) is 11.1 Å². The molecule has 8 nitrogen and oxygen atoms in total. The van der Waals surface area contributed by atoms with E-state index < -0.39 is 0 Å². The van der Waals surface area contributed by atoms with Crippen LogP contribution < -0.4 is 5.76 Å². The number of fused-ring (bicyclic) bond motifs is 1. The molecule has 34 heavy (non-hydrogen) atoms. The Hall–Kier alpha value is -1.87. The topological polar surface area (TPSA) is 78.4 Å². The van der Waals surface area contributed by atoms with Gasteiger partial charge in [0, 0.05) is 37.3 Å². The van der Waals surface area contributed by atoms with E-state index in [2.05, 4.69) is 17.0 Å². The summed E-state index contributed by atoms with van der Waals surface area (Å²) in [6, 6.07) is 5.88. The van der Waals surface area contributed by atoms with Gasteiger partial charge in [-0.2, -0.15) is 0 Å². The van der Waals surface area contributed by atoms with Crippen LogP contribution in [0.3, 0.4) is 0 Å². The third kappa shape index (κ3) is 5.67. The first-order chi connectivity index (χ1) is 15.9. The summed E-state index contributed by atoms with van der Waals surface area (Å²) in [5, 5.41) is 4.02. The number of halogens is 1. The van der Waals surface area contributed by atoms with Crippen LogP contribution in [0, 0.1) is 0 Å². The van der Waals surface area contributed by atoms with E-state index in [1.54, 1.807) is 7.11 Å². The van der Waals surface area contributed by atoms with Crippen molar-refractivity contribution in [2.24, 2.45) is 5.16 Å². The molecule has 2 aromatic rings. The molecule has 0 unspecified atom stereocenters. The lowest BCUT2D eigenvalue weighted by Gasteiger charge is -2.48. The molecule has 1 saturated heterocycles. The highest BCUT2D eigenvalue weighted by Gasteiger charge is 2.38. The van der Waals surface area contributed by atoms with Crippen molar-refractivity contribution in [1.82, 2.24) is 9.47 Å². The Morgan fingerprint density at radius 3 is 2.50 bits per heavy atom. The maximum atomic E-state index is 12.7. The fraction of sp³-hybridized carbons (Fsp3) is 0.680. The third-order valence-electron chi connectivity index (χ3n) is 7.50. The molecule has 2 fully saturated rings. The largest absolute Gasteiger partial charge is 0.420 e. The lowest BCUT2D eigenvalue weighted by Crippen LogP contribution is -2.53. The number of hydrogen-bond donors (Lipinski definition) is 0. The van der Waals surface area contributed by atoms with Gasteiger partial charge in [0.05, 0.1) is 30.5 Å². The van der Waals surface area contributed by atoms with E-state index in [4.69, 9.17) is 18.7 Å². The van der Waals surface area contributed by atoms with E-state index in [0.29, 0.717) is 24.9 Å². The zero-order valence-electron chi connectivity index (χ0n) is 20.7. The molecule has 1 aliphatic carbocycles. The minimum atomic E-state index is -0.276. The SMILES string of the molecule is COCCOC1CCC(C)(N2CCC(n3c(=O)oc4ccc(/C(C)=N/OC)cc43)CC2)CC1.Cl. The molecule has 9 heteroatoms. The number of likely N-dealkylation sites (tertiary alicyclic amines) is 1. The highest BCUT2D eigenvalue weighted by atomic mass is 35.5. The second kappa shape index (κ2) is 11.7. The monoisotopic (exact) mass is 495 g/mol. The van der Waals surface area contributed by atoms with Gasteiger partial charge in [-0.15, -0.1) is 12.4 Å². The second-order valence-corrected chi connectivity index (χ2v) is 9.56. The fourth-order valence-electron chi connectivity index (χ4n) is 5.45. The smallest absolute Gasteiger partial charge is 0.408 e. The summed E-state index contributed by atoms with van der Waals surface area (Å²) in [6.45, 7) is 7.59. The Labute approximate surface area is 207 Å². The third-order valence-corrected chi connectivity index (χ3v) is 7.50. The Balaban J connectivity index is 0.00000324. The van der Waals surface area contributed by atoms with Crippen molar-refractivity contribution in [1.29, 1.82) is 0 Å². The van der Waals surface area contributed by atoms with Crippen LogP contribution in [0.15, 0.2) is 32.6 Å². The number of hydrogen-bond acceptors (Lipinski definition) is 7. The lowest BCUT2D eigenvalue weighted by atomic mass is 9.79. The predicted molar refractivity (Wildman–Crippen MR) is 135 cm³/mol. The highest BCUT2D eigenvalue weighted by Crippen LogP contribution is 2.38. The standard InChI is InChI=1S/C25H37N3O5.ClH/c1-18(26-31-4)19-5-6-23-22(17-19)28(24(29)33-23)20-9-13-27(14-10-20)25(2)11-7-21(8-12-25)32-16-15-30-3;/h5-6,17,20-21H,7-16H2,1-4H3;1H/b26-18+;. The average molecular weight is 496 g/mol. The van der Waals surface area contributed by atoms with E-state index in [-0.39, 0.29) is 29.7 Å². The van der Waals surface area contributed by atoms with Gasteiger partial charge in [0.25, 0.3) is 0 Å². The number of rotatable bonds is 8. The highest BCUT2D eigenvalue weighted by molar-refractivity contribution is 6.00. The summed E-state index contributed by atoms with van der Waals surface area (Å²) in [5.74, 6) is -0.276. The van der Waals surface area contributed by atoms with Crippen molar-refractivity contribution in [2.75, 3.05) is 40.5 Å². The number of benzene rings is 1. The number of oxime groups is 1. The quantitative estimate of drug-likeness (QED) is 0.307. The molecule has 0 bridgehead atoms. The van der Waals surface area contributed by atoms with Gasteiger partial charge in [-0.05, 0) is 70.6 Å². The van der Waals surface area contributed by atoms with Crippen LogP contribution in [0.1, 0.15) is 64.0 Å². The zero-order chi connectivity index (χ0) is 23.4. The molecule has 1 aliphatic heterocycles. The Morgan fingerprint density at radius 2 is 1.85 bits per heavy atom. The van der Waals surface area contributed by atoms with Crippen molar-refractivity contribution >= 4 is 29.2 Å². The molecule has 2 aliphatic rings. The first-order valence-corrected chi connectivity index (χ1v) is 12.0. The summed E-state index contributed by atoms with van der Waals surface area (Å²) in [5.41, 5.74) is 3.35. The molecule has 190 valence electrons. The van der Waals surface area contributed by atoms with E-state index in [1.807, 2.05) is 29.7 Å². The Morgan fingerprint density at radius 1 is 1.15 bits per heavy atom. The summed E-state index contributed by atoms with van der Waals surface area (Å²) in [7, 11) is 3.24. The summed E-state index contributed by atoms with van der Waals surface area (Å²) >= 11 is 0. The van der Waals surface area contributed by atoms with Crippen molar-refractivity contribution in [2.45, 2.75) is 70.1 Å². The van der Waals surface area contributed by atoms with Crippen molar-refractivity contribution in [3.05, 3.63) is 34.3 Å². The lowest BCUT2D eigenvalue weighted by molar-refractivity contribution is -0.0419. The number of ether oxygens (including phenoxy) is 2. The van der Waals surface area contributed by atoms with E-state index in [0.717, 1.165) is 68.4 Å². The van der Waals surface area contributed by atoms with Gasteiger partial charge < -0.3 is 18.7 Å². The van der Waals surface area contributed by atoms with Crippen LogP contribution in [0.5, 0.6) is 0 Å². The Bertz CT molecular complexity index is 1020. The molecule has 0 amide bonds. The van der Waals surface area contributed by atoms with Crippen LogP contribution in [-0.2, 0) is 14.3 Å². The molecule has 0 spiro atoms. The molecule has 0 atom stereocenters. The molecule has 4 rings (SSSR count). The van der Waals surface area contributed by atoms with Crippen LogP contribution >= 0.6 is 12.4 Å². The number of oxazole rings is 1. The molecule has 2 heterocycles. The molecule has 1 aromatic carbocycles. The number of methoxy groups -OCH3 is 1. The van der Waals surface area contributed by atoms with Crippen molar-refractivity contribution < 1.29 is 18.7 Å². The Kier molecular flexibility index (Phi) is 9.20. The average Bonchev–Trinajstić information content (AvgIpc) is 3.15. The van der Waals surface area contributed by atoms with Crippen LogP contribution in [-0.4, -0.2) is 67.3 Å². The van der Waals surface area contributed by atoms with Crippen molar-refractivity contribution in [3.8, 4) is 0 Å². The van der Waals surface area contributed by atoms with Crippen LogP contribution in [0.2, 0.25) is 0 Å². The zero-order valence-corrected chi connectivity index (χ0v) is 21.6. The minimum absolute atomic E-state index is 0. The first-order valence-electron chi connectivity index (χ1n) is 12.0. The second-order valence-electron chi connectivity index (χ2n) is 9.56. The molecule has 0 N–H and O–H groups in total. The summed E-state index contributed by atoms with van der Waals surface area (Å²) in [4.78, 5) is 20.3. The molecule has 1 saturated carbocycles. The normalized spacial score (nSPS) is 24.8. The first kappa shape index (κ1) is 26.7. The van der Waals surface area contributed by atoms with Gasteiger partial charge in [-0.3, -0.25) is 9.47 Å². The fourth-order valence-corrected chi connectivity index (χ4v) is 5.45. The maximum Gasteiger partial charge on any atom is 0.420 e. The number of piperidine rings is 1. The van der Waals surface area contributed by atoms with Gasteiger partial charge in [0.1, 0.15) is 7.11 Å². The number of aromatic nitrogens is 1. The van der Waals surface area contributed by atoms with Gasteiger partial charge in [-0.1, -0.05) is 5.16 Å². The minimum Gasteiger partial charge on any atom is -0.408 e. The van der Waals surface area contributed by atoms with E-state index in [9.17, 15) is 4.79 Å². The maximum absolute atomic E-state index is 12.7. The van der Waals surface area contributed by atoms with Crippen molar-refractivity contribution in [3.63, 3.8) is 0 Å². The van der Waals surface area contributed by atoms with Crippen LogP contribution in [0.4, 0.5) is 0 Å². The van der Waals surface area contributed by atoms with Gasteiger partial charge >= 0.3 is 5.76 Å². The number of nitrogens with zero attached hydrogens (tertiary/aromatic N) is 3. The summed E-state index contributed by atoms with van der Waals surface area (Å²) in [6.07, 6.45) is 6.70.